The molecule has 0 aliphatic heterocycles. The van der Waals surface area contributed by atoms with Crippen molar-refractivity contribution in [1.29, 1.82) is 0 Å². The van der Waals surface area contributed by atoms with Crippen LogP contribution in [0, 0.1) is 0 Å². The maximum absolute atomic E-state index is 12.1. The molecule has 0 fully saturated rings. The fourth-order valence-corrected chi connectivity index (χ4v) is 1.79. The lowest BCUT2D eigenvalue weighted by Crippen LogP contribution is -2.29. The van der Waals surface area contributed by atoms with Crippen LogP contribution >= 0.6 is 0 Å². The first kappa shape index (κ1) is 14.3. The van der Waals surface area contributed by atoms with E-state index in [2.05, 4.69) is 5.16 Å². The molecule has 1 atom stereocenters. The summed E-state index contributed by atoms with van der Waals surface area (Å²) in [6.45, 7) is 2.16. The summed E-state index contributed by atoms with van der Waals surface area (Å²) in [4.78, 5) is 13.6. The zero-order valence-electron chi connectivity index (χ0n) is 11.6. The number of benzene rings is 1. The molecule has 0 saturated heterocycles. The van der Waals surface area contributed by atoms with Crippen molar-refractivity contribution in [3.8, 4) is 11.3 Å². The van der Waals surface area contributed by atoms with E-state index >= 15 is 0 Å². The number of hydrogen-bond acceptors (Lipinski definition) is 4. The molecule has 1 amide bonds. The minimum Gasteiger partial charge on any atom is -0.393 e. The maximum Gasteiger partial charge on any atom is 0.292 e. The van der Waals surface area contributed by atoms with Crippen LogP contribution in [-0.2, 0) is 0 Å². The monoisotopic (exact) mass is 274 g/mol. The van der Waals surface area contributed by atoms with Crippen LogP contribution in [0.4, 0.5) is 0 Å². The lowest BCUT2D eigenvalue weighted by atomic mass is 10.1. The predicted octanol–water partition coefficient (Wildman–Crippen LogP) is 2.18. The molecule has 20 heavy (non-hydrogen) atoms. The van der Waals surface area contributed by atoms with E-state index in [0.717, 1.165) is 5.56 Å². The highest BCUT2D eigenvalue weighted by molar-refractivity contribution is 5.92. The second-order valence-corrected chi connectivity index (χ2v) is 4.81. The van der Waals surface area contributed by atoms with E-state index < -0.39 is 6.10 Å². The number of aromatic nitrogens is 1. The lowest BCUT2D eigenvalue weighted by Gasteiger charge is -2.15. The summed E-state index contributed by atoms with van der Waals surface area (Å²) in [5.41, 5.74) is 1.54. The van der Waals surface area contributed by atoms with E-state index in [1.54, 1.807) is 20.0 Å². The Kier molecular flexibility index (Phi) is 4.53. The third kappa shape index (κ3) is 3.45. The number of carbonyl (C=O) groups is 1. The molecule has 0 aliphatic carbocycles. The molecule has 2 aromatic rings. The second kappa shape index (κ2) is 6.34. The number of aliphatic hydroxyl groups excluding tert-OH is 1. The summed E-state index contributed by atoms with van der Waals surface area (Å²) in [7, 11) is 1.68. The van der Waals surface area contributed by atoms with Crippen LogP contribution < -0.4 is 0 Å². The van der Waals surface area contributed by atoms with Crippen LogP contribution in [0.25, 0.3) is 11.3 Å². The Labute approximate surface area is 117 Å². The third-order valence-electron chi connectivity index (χ3n) is 3.02. The molecule has 5 heteroatoms. The number of nitrogens with zero attached hydrogens (tertiary/aromatic N) is 2. The van der Waals surface area contributed by atoms with E-state index in [0.29, 0.717) is 18.7 Å². The van der Waals surface area contributed by atoms with Crippen molar-refractivity contribution in [2.45, 2.75) is 19.4 Å². The first-order chi connectivity index (χ1) is 9.58. The molecule has 0 aliphatic rings. The molecular formula is C15H18N2O3. The largest absolute Gasteiger partial charge is 0.393 e. The van der Waals surface area contributed by atoms with Gasteiger partial charge in [-0.15, -0.1) is 0 Å². The Bertz CT molecular complexity index is 564. The van der Waals surface area contributed by atoms with Gasteiger partial charge in [0.1, 0.15) is 5.69 Å². The molecule has 106 valence electrons. The molecular weight excluding hydrogens is 256 g/mol. The molecule has 1 heterocycles. The molecule has 1 N–H and O–H groups in total. The van der Waals surface area contributed by atoms with Crippen LogP contribution in [0.1, 0.15) is 23.9 Å². The number of hydrogen-bond donors (Lipinski definition) is 1. The van der Waals surface area contributed by atoms with Gasteiger partial charge in [-0.2, -0.15) is 0 Å². The molecule has 1 aromatic heterocycles. The summed E-state index contributed by atoms with van der Waals surface area (Å²) in [5, 5.41) is 13.1. The van der Waals surface area contributed by atoms with Crippen LogP contribution in [-0.4, -0.2) is 40.8 Å². The highest BCUT2D eigenvalue weighted by Gasteiger charge is 2.18. The summed E-state index contributed by atoms with van der Waals surface area (Å²) in [6.07, 6.45) is 0.0990. The average molecular weight is 274 g/mol. The average Bonchev–Trinajstić information content (AvgIpc) is 2.94. The molecule has 1 aromatic carbocycles. The van der Waals surface area contributed by atoms with Gasteiger partial charge in [0.05, 0.1) is 6.10 Å². The zero-order chi connectivity index (χ0) is 14.5. The summed E-state index contributed by atoms with van der Waals surface area (Å²) >= 11 is 0. The van der Waals surface area contributed by atoms with Crippen LogP contribution in [0.2, 0.25) is 0 Å². The van der Waals surface area contributed by atoms with Crippen molar-refractivity contribution in [3.63, 3.8) is 0 Å². The van der Waals surface area contributed by atoms with Gasteiger partial charge in [-0.1, -0.05) is 35.5 Å². The van der Waals surface area contributed by atoms with Gasteiger partial charge in [0.25, 0.3) is 5.91 Å². The van der Waals surface area contributed by atoms with Gasteiger partial charge < -0.3 is 14.5 Å². The Hall–Kier alpha value is -2.14. The fourth-order valence-electron chi connectivity index (χ4n) is 1.79. The Balaban J connectivity index is 2.07. The Morgan fingerprint density at radius 3 is 2.75 bits per heavy atom. The fraction of sp³-hybridized carbons (Fsp3) is 0.333. The molecule has 0 bridgehead atoms. The van der Waals surface area contributed by atoms with E-state index in [9.17, 15) is 9.90 Å². The summed E-state index contributed by atoms with van der Waals surface area (Å²) < 4.78 is 5.11. The highest BCUT2D eigenvalue weighted by atomic mass is 16.5. The predicted molar refractivity (Wildman–Crippen MR) is 75.2 cm³/mol. The quantitative estimate of drug-likeness (QED) is 0.907. The standard InChI is InChI=1S/C15H18N2O3/c1-11(18)8-9-17(2)15(19)14-10-13(16-20-14)12-6-4-3-5-7-12/h3-7,10-11,18H,8-9H2,1-2H3. The minimum absolute atomic E-state index is 0.206. The van der Waals surface area contributed by atoms with Gasteiger partial charge in [-0.25, -0.2) is 0 Å². The van der Waals surface area contributed by atoms with E-state index in [-0.39, 0.29) is 11.7 Å². The highest BCUT2D eigenvalue weighted by Crippen LogP contribution is 2.19. The smallest absolute Gasteiger partial charge is 0.292 e. The van der Waals surface area contributed by atoms with Crippen molar-refractivity contribution in [1.82, 2.24) is 10.1 Å². The van der Waals surface area contributed by atoms with Gasteiger partial charge in [0, 0.05) is 25.2 Å². The molecule has 0 saturated carbocycles. The van der Waals surface area contributed by atoms with Crippen LogP contribution in [0.3, 0.4) is 0 Å². The van der Waals surface area contributed by atoms with Crippen molar-refractivity contribution >= 4 is 5.91 Å². The lowest BCUT2D eigenvalue weighted by molar-refractivity contribution is 0.0728. The summed E-state index contributed by atoms with van der Waals surface area (Å²) in [5.74, 6) is -0.0303. The molecule has 0 spiro atoms. The first-order valence-electron chi connectivity index (χ1n) is 6.53. The molecule has 0 radical (unpaired) electrons. The van der Waals surface area contributed by atoms with Gasteiger partial charge in [-0.3, -0.25) is 4.79 Å². The Morgan fingerprint density at radius 1 is 1.40 bits per heavy atom. The Morgan fingerprint density at radius 2 is 2.10 bits per heavy atom. The normalized spacial score (nSPS) is 12.2. The van der Waals surface area contributed by atoms with Crippen molar-refractivity contribution in [3.05, 3.63) is 42.2 Å². The number of amides is 1. The maximum atomic E-state index is 12.1. The first-order valence-corrected chi connectivity index (χ1v) is 6.53. The number of rotatable bonds is 5. The van der Waals surface area contributed by atoms with Crippen LogP contribution in [0.15, 0.2) is 40.9 Å². The van der Waals surface area contributed by atoms with Crippen molar-refractivity contribution in [2.75, 3.05) is 13.6 Å². The van der Waals surface area contributed by atoms with Crippen molar-refractivity contribution < 1.29 is 14.4 Å². The minimum atomic E-state index is -0.431. The van der Waals surface area contributed by atoms with E-state index in [1.165, 1.54) is 4.90 Å². The summed E-state index contributed by atoms with van der Waals surface area (Å²) in [6, 6.07) is 11.2. The second-order valence-electron chi connectivity index (χ2n) is 4.81. The number of carbonyl (C=O) groups excluding carboxylic acids is 1. The van der Waals surface area contributed by atoms with Crippen molar-refractivity contribution in [2.24, 2.45) is 0 Å². The van der Waals surface area contributed by atoms with E-state index in [1.807, 2.05) is 30.3 Å². The van der Waals surface area contributed by atoms with Gasteiger partial charge >= 0.3 is 0 Å². The molecule has 1 unspecified atom stereocenters. The van der Waals surface area contributed by atoms with Crippen LogP contribution in [0.5, 0.6) is 0 Å². The van der Waals surface area contributed by atoms with E-state index in [4.69, 9.17) is 4.52 Å². The zero-order valence-corrected chi connectivity index (χ0v) is 11.6. The number of aliphatic hydroxyl groups is 1. The SMILES string of the molecule is CC(O)CCN(C)C(=O)c1cc(-c2ccccc2)no1. The molecule has 5 nitrogen and oxygen atoms in total. The van der Waals surface area contributed by atoms with Gasteiger partial charge in [-0.05, 0) is 13.3 Å². The topological polar surface area (TPSA) is 66.6 Å². The van der Waals surface area contributed by atoms with Gasteiger partial charge in [0.15, 0.2) is 0 Å². The molecule has 2 rings (SSSR count). The van der Waals surface area contributed by atoms with Gasteiger partial charge in [0.2, 0.25) is 5.76 Å². The third-order valence-corrected chi connectivity index (χ3v) is 3.02.